The van der Waals surface area contributed by atoms with Crippen molar-refractivity contribution < 1.29 is 9.13 Å². The maximum absolute atomic E-state index is 13.3. The van der Waals surface area contributed by atoms with E-state index in [1.807, 2.05) is 6.07 Å². The number of benzene rings is 1. The van der Waals surface area contributed by atoms with Crippen molar-refractivity contribution in [3.63, 3.8) is 0 Å². The SMILES string of the molecule is CCNC(CCC1CCCO1)c1cc2cc(F)ccc2s1. The molecule has 2 nitrogen and oxygen atoms in total. The van der Waals surface area contributed by atoms with E-state index >= 15 is 0 Å². The summed E-state index contributed by atoms with van der Waals surface area (Å²) >= 11 is 1.77. The van der Waals surface area contributed by atoms with Gasteiger partial charge in [0.05, 0.1) is 6.10 Å². The zero-order valence-electron chi connectivity index (χ0n) is 12.4. The van der Waals surface area contributed by atoms with Crippen LogP contribution < -0.4 is 5.32 Å². The fraction of sp³-hybridized carbons (Fsp3) is 0.529. The number of halogens is 1. The normalized spacial score (nSPS) is 20.2. The van der Waals surface area contributed by atoms with Crippen LogP contribution in [0.3, 0.4) is 0 Å². The van der Waals surface area contributed by atoms with Gasteiger partial charge in [0, 0.05) is 22.2 Å². The number of ether oxygens (including phenoxy) is 1. The van der Waals surface area contributed by atoms with Gasteiger partial charge in [0.2, 0.25) is 0 Å². The highest BCUT2D eigenvalue weighted by Crippen LogP contribution is 2.33. The van der Waals surface area contributed by atoms with Crippen molar-refractivity contribution in [2.45, 2.75) is 44.8 Å². The van der Waals surface area contributed by atoms with E-state index in [-0.39, 0.29) is 5.82 Å². The molecule has 1 N–H and O–H groups in total. The molecule has 1 aliphatic rings. The quantitative estimate of drug-likeness (QED) is 0.838. The highest BCUT2D eigenvalue weighted by atomic mass is 32.1. The Balaban J connectivity index is 1.74. The van der Waals surface area contributed by atoms with Crippen molar-refractivity contribution >= 4 is 21.4 Å². The Labute approximate surface area is 129 Å². The van der Waals surface area contributed by atoms with Crippen LogP contribution in [0.25, 0.3) is 10.1 Å². The molecule has 3 rings (SSSR count). The molecule has 1 aliphatic heterocycles. The Kier molecular flexibility index (Phi) is 4.88. The monoisotopic (exact) mass is 307 g/mol. The Morgan fingerprint density at radius 2 is 2.33 bits per heavy atom. The average molecular weight is 307 g/mol. The smallest absolute Gasteiger partial charge is 0.123 e. The van der Waals surface area contributed by atoms with Crippen molar-refractivity contribution in [2.75, 3.05) is 13.2 Å². The molecule has 1 fully saturated rings. The molecule has 0 spiro atoms. The summed E-state index contributed by atoms with van der Waals surface area (Å²) < 4.78 is 20.2. The van der Waals surface area contributed by atoms with Gasteiger partial charge in [-0.2, -0.15) is 0 Å². The second-order valence-electron chi connectivity index (χ2n) is 5.65. The molecular formula is C17H22FNOS. The Morgan fingerprint density at radius 3 is 3.10 bits per heavy atom. The van der Waals surface area contributed by atoms with E-state index in [1.165, 1.54) is 23.8 Å². The summed E-state index contributed by atoms with van der Waals surface area (Å²) in [7, 11) is 0. The standard InChI is InChI=1S/C17H22FNOS/c1-2-19-15(7-6-14-4-3-9-20-14)17-11-12-10-13(18)5-8-16(12)21-17/h5,8,10-11,14-15,19H,2-4,6-7,9H2,1H3. The summed E-state index contributed by atoms with van der Waals surface area (Å²) in [6, 6.07) is 7.52. The second-order valence-corrected chi connectivity index (χ2v) is 6.77. The summed E-state index contributed by atoms with van der Waals surface area (Å²) in [5.41, 5.74) is 0. The van der Waals surface area contributed by atoms with Gasteiger partial charge in [-0.05, 0) is 61.9 Å². The van der Waals surface area contributed by atoms with E-state index in [4.69, 9.17) is 4.74 Å². The molecule has 0 bridgehead atoms. The maximum Gasteiger partial charge on any atom is 0.123 e. The molecule has 0 amide bonds. The van der Waals surface area contributed by atoms with Crippen molar-refractivity contribution in [2.24, 2.45) is 0 Å². The molecule has 2 unspecified atom stereocenters. The van der Waals surface area contributed by atoms with Gasteiger partial charge in [-0.15, -0.1) is 11.3 Å². The molecule has 21 heavy (non-hydrogen) atoms. The van der Waals surface area contributed by atoms with Crippen LogP contribution in [0.5, 0.6) is 0 Å². The molecule has 4 heteroatoms. The average Bonchev–Trinajstić information content (AvgIpc) is 3.11. The van der Waals surface area contributed by atoms with Crippen molar-refractivity contribution in [3.8, 4) is 0 Å². The number of nitrogens with one attached hydrogen (secondary N) is 1. The summed E-state index contributed by atoms with van der Waals surface area (Å²) in [4.78, 5) is 1.30. The van der Waals surface area contributed by atoms with E-state index in [0.29, 0.717) is 12.1 Å². The third-order valence-electron chi connectivity index (χ3n) is 4.09. The second kappa shape index (κ2) is 6.86. The van der Waals surface area contributed by atoms with Gasteiger partial charge in [0.1, 0.15) is 5.82 Å². The van der Waals surface area contributed by atoms with Gasteiger partial charge >= 0.3 is 0 Å². The number of thiophene rings is 1. The van der Waals surface area contributed by atoms with Crippen LogP contribution in [0.1, 0.15) is 43.5 Å². The largest absolute Gasteiger partial charge is 0.378 e. The molecule has 2 aromatic rings. The van der Waals surface area contributed by atoms with E-state index in [1.54, 1.807) is 17.4 Å². The lowest BCUT2D eigenvalue weighted by atomic mass is 10.0. The first-order chi connectivity index (χ1) is 10.3. The summed E-state index contributed by atoms with van der Waals surface area (Å²) in [5, 5.41) is 4.57. The highest BCUT2D eigenvalue weighted by Gasteiger charge is 2.19. The van der Waals surface area contributed by atoms with Gasteiger partial charge in [-0.1, -0.05) is 6.92 Å². The molecule has 2 heterocycles. The van der Waals surface area contributed by atoms with Crippen LogP contribution in [0, 0.1) is 5.82 Å². The lowest BCUT2D eigenvalue weighted by Gasteiger charge is -2.18. The van der Waals surface area contributed by atoms with E-state index in [2.05, 4.69) is 18.3 Å². The molecule has 114 valence electrons. The Bertz CT molecular complexity index is 591. The zero-order valence-corrected chi connectivity index (χ0v) is 13.2. The van der Waals surface area contributed by atoms with Crippen LogP contribution in [-0.4, -0.2) is 19.3 Å². The third-order valence-corrected chi connectivity index (χ3v) is 5.32. The van der Waals surface area contributed by atoms with Crippen molar-refractivity contribution in [3.05, 3.63) is 35.0 Å². The van der Waals surface area contributed by atoms with Gasteiger partial charge in [-0.25, -0.2) is 4.39 Å². The molecule has 1 aromatic heterocycles. The molecule has 1 aromatic carbocycles. The fourth-order valence-electron chi connectivity index (χ4n) is 3.02. The van der Waals surface area contributed by atoms with Crippen LogP contribution in [0.2, 0.25) is 0 Å². The number of hydrogen-bond donors (Lipinski definition) is 1. The van der Waals surface area contributed by atoms with Gasteiger partial charge < -0.3 is 10.1 Å². The maximum atomic E-state index is 13.3. The molecule has 2 atom stereocenters. The van der Waals surface area contributed by atoms with Crippen LogP contribution in [0.4, 0.5) is 4.39 Å². The predicted molar refractivity (Wildman–Crippen MR) is 86.4 cm³/mol. The summed E-state index contributed by atoms with van der Waals surface area (Å²) in [5.74, 6) is -0.161. The van der Waals surface area contributed by atoms with Crippen LogP contribution in [0.15, 0.2) is 24.3 Å². The minimum absolute atomic E-state index is 0.161. The van der Waals surface area contributed by atoms with Crippen LogP contribution in [-0.2, 0) is 4.74 Å². The minimum atomic E-state index is -0.161. The molecule has 0 radical (unpaired) electrons. The first-order valence-corrected chi connectivity index (χ1v) is 8.62. The van der Waals surface area contributed by atoms with Crippen molar-refractivity contribution in [1.82, 2.24) is 5.32 Å². The van der Waals surface area contributed by atoms with E-state index in [0.717, 1.165) is 36.1 Å². The lowest BCUT2D eigenvalue weighted by Crippen LogP contribution is -2.21. The summed E-state index contributed by atoms with van der Waals surface area (Å²) in [6.45, 7) is 3.99. The lowest BCUT2D eigenvalue weighted by molar-refractivity contribution is 0.0997. The number of rotatable bonds is 6. The number of fused-ring (bicyclic) bond motifs is 1. The predicted octanol–water partition coefficient (Wildman–Crippen LogP) is 4.65. The Hall–Kier alpha value is -0.970. The third kappa shape index (κ3) is 3.62. The molecular weight excluding hydrogens is 285 g/mol. The fourth-order valence-corrected chi connectivity index (χ4v) is 4.18. The zero-order chi connectivity index (χ0) is 14.7. The topological polar surface area (TPSA) is 21.3 Å². The van der Waals surface area contributed by atoms with Crippen molar-refractivity contribution in [1.29, 1.82) is 0 Å². The van der Waals surface area contributed by atoms with Gasteiger partial charge in [-0.3, -0.25) is 0 Å². The highest BCUT2D eigenvalue weighted by molar-refractivity contribution is 7.19. The van der Waals surface area contributed by atoms with E-state index in [9.17, 15) is 4.39 Å². The number of hydrogen-bond acceptors (Lipinski definition) is 3. The first-order valence-electron chi connectivity index (χ1n) is 7.80. The molecule has 0 aliphatic carbocycles. The molecule has 1 saturated heterocycles. The van der Waals surface area contributed by atoms with Gasteiger partial charge in [0.25, 0.3) is 0 Å². The van der Waals surface area contributed by atoms with Crippen LogP contribution >= 0.6 is 11.3 Å². The minimum Gasteiger partial charge on any atom is -0.378 e. The van der Waals surface area contributed by atoms with Gasteiger partial charge in [0.15, 0.2) is 0 Å². The van der Waals surface area contributed by atoms with E-state index < -0.39 is 0 Å². The first kappa shape index (κ1) is 14.9. The molecule has 0 saturated carbocycles. The summed E-state index contributed by atoms with van der Waals surface area (Å²) in [6.07, 6.45) is 4.99. The Morgan fingerprint density at radius 1 is 1.43 bits per heavy atom.